The maximum atomic E-state index is 12.7. The van der Waals surface area contributed by atoms with Crippen LogP contribution in [-0.4, -0.2) is 34.6 Å². The molecule has 2 heterocycles. The standard InChI is InChI=1S/C20H16N2O5/c23-17-9-8-16(18(24)21-17)22-19(25)14-7-6-13(10-15(14)20(22)26)27-11-12-4-2-1-3-5-12/h1-7,10,16H,8-9,11H2,(H,21,23,24). The van der Waals surface area contributed by atoms with Crippen molar-refractivity contribution in [2.45, 2.75) is 25.5 Å². The van der Waals surface area contributed by atoms with Crippen molar-refractivity contribution >= 4 is 23.6 Å². The SMILES string of the molecule is O=C1CCC(N2C(=O)c3ccc(OCc4ccccc4)cc3C2=O)C(=O)N1. The minimum Gasteiger partial charge on any atom is -0.489 e. The minimum atomic E-state index is -0.969. The first kappa shape index (κ1) is 17.0. The Bertz CT molecular complexity index is 954. The van der Waals surface area contributed by atoms with Crippen molar-refractivity contribution in [2.24, 2.45) is 0 Å². The number of nitrogens with zero attached hydrogens (tertiary/aromatic N) is 1. The summed E-state index contributed by atoms with van der Waals surface area (Å²) in [5.74, 6) is -1.64. The van der Waals surface area contributed by atoms with Crippen molar-refractivity contribution in [1.82, 2.24) is 10.2 Å². The topological polar surface area (TPSA) is 92.8 Å². The normalized spacial score (nSPS) is 19.1. The van der Waals surface area contributed by atoms with E-state index in [1.54, 1.807) is 6.07 Å². The molecule has 1 saturated heterocycles. The molecule has 1 N–H and O–H groups in total. The number of benzene rings is 2. The van der Waals surface area contributed by atoms with Gasteiger partial charge in [-0.3, -0.25) is 29.4 Å². The Morgan fingerprint density at radius 3 is 2.44 bits per heavy atom. The van der Waals surface area contributed by atoms with E-state index in [1.807, 2.05) is 30.3 Å². The molecule has 4 amide bonds. The molecule has 136 valence electrons. The number of piperidine rings is 1. The van der Waals surface area contributed by atoms with Gasteiger partial charge in [-0.2, -0.15) is 0 Å². The molecule has 0 radical (unpaired) electrons. The van der Waals surface area contributed by atoms with Gasteiger partial charge in [-0.25, -0.2) is 0 Å². The molecule has 2 aromatic rings. The van der Waals surface area contributed by atoms with E-state index in [1.165, 1.54) is 12.1 Å². The quantitative estimate of drug-likeness (QED) is 0.833. The molecule has 27 heavy (non-hydrogen) atoms. The minimum absolute atomic E-state index is 0.0925. The molecule has 1 unspecified atom stereocenters. The Morgan fingerprint density at radius 1 is 0.963 bits per heavy atom. The van der Waals surface area contributed by atoms with Gasteiger partial charge < -0.3 is 4.74 Å². The van der Waals surface area contributed by atoms with Gasteiger partial charge in [-0.1, -0.05) is 30.3 Å². The molecule has 0 aromatic heterocycles. The Morgan fingerprint density at radius 2 is 1.70 bits per heavy atom. The molecule has 1 fully saturated rings. The van der Waals surface area contributed by atoms with Gasteiger partial charge in [0.1, 0.15) is 18.4 Å². The summed E-state index contributed by atoms with van der Waals surface area (Å²) in [7, 11) is 0. The van der Waals surface area contributed by atoms with Crippen molar-refractivity contribution in [3.8, 4) is 5.75 Å². The van der Waals surface area contributed by atoms with E-state index < -0.39 is 29.7 Å². The second-order valence-corrected chi connectivity index (χ2v) is 6.43. The number of ether oxygens (including phenoxy) is 1. The third-order valence-electron chi connectivity index (χ3n) is 4.66. The van der Waals surface area contributed by atoms with E-state index >= 15 is 0 Å². The van der Waals surface area contributed by atoms with Gasteiger partial charge in [0.25, 0.3) is 11.8 Å². The van der Waals surface area contributed by atoms with Crippen LogP contribution in [0.25, 0.3) is 0 Å². The second kappa shape index (κ2) is 6.68. The molecule has 0 saturated carbocycles. The molecule has 2 aliphatic rings. The Kier molecular flexibility index (Phi) is 4.19. The first-order valence-electron chi connectivity index (χ1n) is 8.57. The number of carbonyl (C=O) groups is 4. The van der Waals surface area contributed by atoms with E-state index in [0.29, 0.717) is 12.4 Å². The van der Waals surface area contributed by atoms with Gasteiger partial charge in [-0.05, 0) is 30.2 Å². The molecule has 1 atom stereocenters. The molecule has 2 aromatic carbocycles. The first-order valence-corrected chi connectivity index (χ1v) is 8.57. The van der Waals surface area contributed by atoms with E-state index in [0.717, 1.165) is 10.5 Å². The summed E-state index contributed by atoms with van der Waals surface area (Å²) in [5, 5.41) is 2.18. The van der Waals surface area contributed by atoms with E-state index in [9.17, 15) is 19.2 Å². The number of imide groups is 2. The highest BCUT2D eigenvalue weighted by molar-refractivity contribution is 6.23. The lowest BCUT2D eigenvalue weighted by atomic mass is 10.0. The zero-order chi connectivity index (χ0) is 19.0. The fourth-order valence-corrected chi connectivity index (χ4v) is 3.28. The lowest BCUT2D eigenvalue weighted by Crippen LogP contribution is -2.54. The maximum absolute atomic E-state index is 12.7. The van der Waals surface area contributed by atoms with Crippen LogP contribution in [0.4, 0.5) is 0 Å². The largest absolute Gasteiger partial charge is 0.489 e. The molecular weight excluding hydrogens is 348 g/mol. The van der Waals surface area contributed by atoms with Gasteiger partial charge >= 0.3 is 0 Å². The number of rotatable bonds is 4. The molecule has 0 aliphatic carbocycles. The van der Waals surface area contributed by atoms with Crippen LogP contribution in [0.2, 0.25) is 0 Å². The Labute approximate surface area is 154 Å². The highest BCUT2D eigenvalue weighted by Gasteiger charge is 2.44. The number of hydrogen-bond acceptors (Lipinski definition) is 5. The average molecular weight is 364 g/mol. The van der Waals surface area contributed by atoms with Crippen LogP contribution < -0.4 is 10.1 Å². The van der Waals surface area contributed by atoms with Gasteiger partial charge in [0.2, 0.25) is 11.8 Å². The van der Waals surface area contributed by atoms with Crippen LogP contribution in [0.15, 0.2) is 48.5 Å². The van der Waals surface area contributed by atoms with E-state index in [4.69, 9.17) is 4.74 Å². The molecular formula is C20H16N2O5. The highest BCUT2D eigenvalue weighted by atomic mass is 16.5. The summed E-state index contributed by atoms with van der Waals surface area (Å²) in [5.41, 5.74) is 1.41. The van der Waals surface area contributed by atoms with Crippen LogP contribution in [0.1, 0.15) is 39.1 Å². The van der Waals surface area contributed by atoms with E-state index in [-0.39, 0.29) is 24.0 Å². The summed E-state index contributed by atoms with van der Waals surface area (Å²) in [6, 6.07) is 13.3. The number of amides is 4. The number of nitrogens with one attached hydrogen (secondary N) is 1. The van der Waals surface area contributed by atoms with Gasteiger partial charge in [-0.15, -0.1) is 0 Å². The molecule has 7 heteroatoms. The Hall–Kier alpha value is -3.48. The van der Waals surface area contributed by atoms with Crippen LogP contribution in [0.3, 0.4) is 0 Å². The van der Waals surface area contributed by atoms with Crippen molar-refractivity contribution in [1.29, 1.82) is 0 Å². The lowest BCUT2D eigenvalue weighted by molar-refractivity contribution is -0.136. The maximum Gasteiger partial charge on any atom is 0.262 e. The van der Waals surface area contributed by atoms with Crippen molar-refractivity contribution in [2.75, 3.05) is 0 Å². The lowest BCUT2D eigenvalue weighted by Gasteiger charge is -2.27. The fraction of sp³-hybridized carbons (Fsp3) is 0.200. The van der Waals surface area contributed by atoms with Gasteiger partial charge in [0.15, 0.2) is 0 Å². The molecule has 4 rings (SSSR count). The summed E-state index contributed by atoms with van der Waals surface area (Å²) >= 11 is 0. The third-order valence-corrected chi connectivity index (χ3v) is 4.66. The van der Waals surface area contributed by atoms with Crippen molar-refractivity contribution < 1.29 is 23.9 Å². The number of hydrogen-bond donors (Lipinski definition) is 1. The third kappa shape index (κ3) is 3.08. The molecule has 0 bridgehead atoms. The Balaban J connectivity index is 1.54. The van der Waals surface area contributed by atoms with Crippen molar-refractivity contribution in [3.63, 3.8) is 0 Å². The first-order chi connectivity index (χ1) is 13.0. The summed E-state index contributed by atoms with van der Waals surface area (Å²) in [6.07, 6.45) is 0.225. The summed E-state index contributed by atoms with van der Waals surface area (Å²) in [6.45, 7) is 0.332. The van der Waals surface area contributed by atoms with Crippen LogP contribution in [-0.2, 0) is 16.2 Å². The van der Waals surface area contributed by atoms with Crippen molar-refractivity contribution in [3.05, 3.63) is 65.2 Å². The monoisotopic (exact) mass is 364 g/mol. The van der Waals surface area contributed by atoms with Gasteiger partial charge in [0.05, 0.1) is 11.1 Å². The van der Waals surface area contributed by atoms with E-state index in [2.05, 4.69) is 5.32 Å². The number of carbonyl (C=O) groups excluding carboxylic acids is 4. The second-order valence-electron chi connectivity index (χ2n) is 6.43. The van der Waals surface area contributed by atoms with Gasteiger partial charge in [0, 0.05) is 6.42 Å². The van der Waals surface area contributed by atoms with Crippen LogP contribution in [0, 0.1) is 0 Å². The smallest absolute Gasteiger partial charge is 0.262 e. The van der Waals surface area contributed by atoms with Crippen LogP contribution >= 0.6 is 0 Å². The predicted molar refractivity (Wildman–Crippen MR) is 93.9 cm³/mol. The molecule has 0 spiro atoms. The molecule has 7 nitrogen and oxygen atoms in total. The summed E-state index contributed by atoms with van der Waals surface area (Å²) < 4.78 is 5.71. The molecule has 2 aliphatic heterocycles. The predicted octanol–water partition coefficient (Wildman–Crippen LogP) is 1.67. The average Bonchev–Trinajstić information content (AvgIpc) is 2.92. The number of fused-ring (bicyclic) bond motifs is 1. The fourth-order valence-electron chi connectivity index (χ4n) is 3.28. The zero-order valence-electron chi connectivity index (χ0n) is 14.3. The summed E-state index contributed by atoms with van der Waals surface area (Å²) in [4.78, 5) is 49.7. The highest BCUT2D eigenvalue weighted by Crippen LogP contribution is 2.30. The van der Waals surface area contributed by atoms with Crippen LogP contribution in [0.5, 0.6) is 5.75 Å². The zero-order valence-corrected chi connectivity index (χ0v) is 14.3.